The number of nitrogens with two attached hydrogens (primary N) is 1. The summed E-state index contributed by atoms with van der Waals surface area (Å²) >= 11 is 0. The van der Waals surface area contributed by atoms with Crippen molar-refractivity contribution in [2.75, 3.05) is 5.32 Å². The summed E-state index contributed by atoms with van der Waals surface area (Å²) in [7, 11) is -3.66. The Bertz CT molecular complexity index is 724. The van der Waals surface area contributed by atoms with Gasteiger partial charge in [0.25, 0.3) is 0 Å². The molecule has 0 aliphatic carbocycles. The lowest BCUT2D eigenvalue weighted by molar-refractivity contribution is 0.598. The summed E-state index contributed by atoms with van der Waals surface area (Å²) in [6.45, 7) is 4.79. The molecule has 0 aliphatic heterocycles. The standard InChI is InChI=1S/C15H18N2O2S/c1-11-5-3-6-13(12(11)2)10-17-14-7-4-8-15(9-14)20(16,18)19/h3-9,17H,10H2,1-2H3,(H2,16,18,19). The van der Waals surface area contributed by atoms with Crippen LogP contribution < -0.4 is 10.5 Å². The van der Waals surface area contributed by atoms with Crippen molar-refractivity contribution in [3.63, 3.8) is 0 Å². The van der Waals surface area contributed by atoms with Gasteiger partial charge in [0, 0.05) is 12.2 Å². The van der Waals surface area contributed by atoms with Crippen LogP contribution in [-0.4, -0.2) is 8.42 Å². The minimum atomic E-state index is -3.66. The lowest BCUT2D eigenvalue weighted by atomic mass is 10.0. The zero-order valence-corrected chi connectivity index (χ0v) is 12.4. The van der Waals surface area contributed by atoms with Crippen molar-refractivity contribution < 1.29 is 8.42 Å². The smallest absolute Gasteiger partial charge is 0.238 e. The van der Waals surface area contributed by atoms with E-state index in [0.29, 0.717) is 6.54 Å². The fourth-order valence-corrected chi connectivity index (χ4v) is 2.54. The highest BCUT2D eigenvalue weighted by Crippen LogP contribution is 2.17. The first-order valence-electron chi connectivity index (χ1n) is 6.30. The maximum absolute atomic E-state index is 11.3. The van der Waals surface area contributed by atoms with Crippen LogP contribution in [0.15, 0.2) is 47.4 Å². The molecule has 20 heavy (non-hydrogen) atoms. The van der Waals surface area contributed by atoms with Crippen LogP contribution >= 0.6 is 0 Å². The molecule has 0 fully saturated rings. The molecule has 2 rings (SSSR count). The van der Waals surface area contributed by atoms with E-state index in [0.717, 1.165) is 5.69 Å². The molecule has 106 valence electrons. The van der Waals surface area contributed by atoms with E-state index in [1.54, 1.807) is 12.1 Å². The van der Waals surface area contributed by atoms with E-state index < -0.39 is 10.0 Å². The van der Waals surface area contributed by atoms with E-state index in [2.05, 4.69) is 31.3 Å². The number of nitrogens with one attached hydrogen (secondary N) is 1. The average Bonchev–Trinajstić information content (AvgIpc) is 2.40. The Morgan fingerprint density at radius 2 is 1.80 bits per heavy atom. The fraction of sp³-hybridized carbons (Fsp3) is 0.200. The monoisotopic (exact) mass is 290 g/mol. The highest BCUT2D eigenvalue weighted by molar-refractivity contribution is 7.89. The zero-order valence-electron chi connectivity index (χ0n) is 11.6. The summed E-state index contributed by atoms with van der Waals surface area (Å²) < 4.78 is 22.6. The molecule has 0 saturated carbocycles. The van der Waals surface area contributed by atoms with Gasteiger partial charge < -0.3 is 5.32 Å². The number of sulfonamides is 1. The molecule has 0 heterocycles. The van der Waals surface area contributed by atoms with Gasteiger partial charge in [0.05, 0.1) is 4.90 Å². The van der Waals surface area contributed by atoms with Crippen molar-refractivity contribution >= 4 is 15.7 Å². The van der Waals surface area contributed by atoms with E-state index in [1.165, 1.54) is 22.8 Å². The van der Waals surface area contributed by atoms with Crippen LogP contribution in [0.25, 0.3) is 0 Å². The molecule has 2 aromatic carbocycles. The topological polar surface area (TPSA) is 72.2 Å². The van der Waals surface area contributed by atoms with E-state index in [4.69, 9.17) is 5.14 Å². The Kier molecular flexibility index (Phi) is 4.11. The summed E-state index contributed by atoms with van der Waals surface area (Å²) in [4.78, 5) is 0.114. The first-order valence-corrected chi connectivity index (χ1v) is 7.84. The Labute approximate surface area is 119 Å². The Morgan fingerprint density at radius 3 is 2.50 bits per heavy atom. The molecule has 0 aliphatic rings. The van der Waals surface area contributed by atoms with E-state index >= 15 is 0 Å². The number of rotatable bonds is 4. The highest BCUT2D eigenvalue weighted by atomic mass is 32.2. The molecule has 0 unspecified atom stereocenters. The van der Waals surface area contributed by atoms with Crippen LogP contribution in [0.4, 0.5) is 5.69 Å². The third-order valence-corrected chi connectivity index (χ3v) is 4.27. The lowest BCUT2D eigenvalue weighted by Gasteiger charge is -2.11. The number of hydrogen-bond acceptors (Lipinski definition) is 3. The van der Waals surface area contributed by atoms with E-state index in [9.17, 15) is 8.42 Å². The van der Waals surface area contributed by atoms with Gasteiger partial charge in [0.1, 0.15) is 0 Å². The Hall–Kier alpha value is -1.85. The molecule has 0 spiro atoms. The van der Waals surface area contributed by atoms with Crippen LogP contribution in [0.1, 0.15) is 16.7 Å². The van der Waals surface area contributed by atoms with Gasteiger partial charge in [-0.25, -0.2) is 13.6 Å². The summed E-state index contributed by atoms with van der Waals surface area (Å²) in [6, 6.07) is 12.7. The number of hydrogen-bond donors (Lipinski definition) is 2. The van der Waals surface area contributed by atoms with Gasteiger partial charge in [-0.3, -0.25) is 0 Å². The highest BCUT2D eigenvalue weighted by Gasteiger charge is 2.08. The van der Waals surface area contributed by atoms with Crippen LogP contribution in [0.5, 0.6) is 0 Å². The molecule has 4 nitrogen and oxygen atoms in total. The molecule has 3 N–H and O–H groups in total. The first kappa shape index (κ1) is 14.6. The Morgan fingerprint density at radius 1 is 1.10 bits per heavy atom. The van der Waals surface area contributed by atoms with Gasteiger partial charge in [-0.05, 0) is 48.7 Å². The van der Waals surface area contributed by atoms with Crippen molar-refractivity contribution in [3.05, 3.63) is 59.2 Å². The normalized spacial score (nSPS) is 11.3. The first-order chi connectivity index (χ1) is 9.38. The summed E-state index contributed by atoms with van der Waals surface area (Å²) in [5.74, 6) is 0. The predicted octanol–water partition coefficient (Wildman–Crippen LogP) is 2.56. The molecule has 0 atom stereocenters. The van der Waals surface area contributed by atoms with E-state index in [-0.39, 0.29) is 4.90 Å². The maximum Gasteiger partial charge on any atom is 0.238 e. The predicted molar refractivity (Wildman–Crippen MR) is 81.1 cm³/mol. The largest absolute Gasteiger partial charge is 0.381 e. The molecule has 2 aromatic rings. The minimum Gasteiger partial charge on any atom is -0.381 e. The number of benzene rings is 2. The van der Waals surface area contributed by atoms with Gasteiger partial charge in [-0.2, -0.15) is 0 Å². The van der Waals surface area contributed by atoms with Gasteiger partial charge in [0.2, 0.25) is 10.0 Å². The quantitative estimate of drug-likeness (QED) is 0.909. The van der Waals surface area contributed by atoms with Gasteiger partial charge in [-0.15, -0.1) is 0 Å². The second-order valence-corrected chi connectivity index (χ2v) is 6.35. The SMILES string of the molecule is Cc1cccc(CNc2cccc(S(N)(=O)=O)c2)c1C. The van der Waals surface area contributed by atoms with Crippen molar-refractivity contribution in [2.45, 2.75) is 25.3 Å². The van der Waals surface area contributed by atoms with Crippen LogP contribution in [-0.2, 0) is 16.6 Å². The molecule has 5 heteroatoms. The molecule has 0 radical (unpaired) electrons. The molecule has 0 amide bonds. The number of primary sulfonamides is 1. The summed E-state index contributed by atoms with van der Waals surface area (Å²) in [5, 5.41) is 8.34. The van der Waals surface area contributed by atoms with Crippen molar-refractivity contribution in [3.8, 4) is 0 Å². The average molecular weight is 290 g/mol. The third kappa shape index (κ3) is 3.37. The van der Waals surface area contributed by atoms with Gasteiger partial charge in [0.15, 0.2) is 0 Å². The number of anilines is 1. The Balaban J connectivity index is 2.18. The number of aryl methyl sites for hydroxylation is 1. The maximum atomic E-state index is 11.3. The van der Waals surface area contributed by atoms with E-state index in [1.807, 2.05) is 12.1 Å². The minimum absolute atomic E-state index is 0.114. The fourth-order valence-electron chi connectivity index (χ4n) is 1.98. The van der Waals surface area contributed by atoms with Crippen LogP contribution in [0.2, 0.25) is 0 Å². The summed E-state index contributed by atoms with van der Waals surface area (Å²) in [6.07, 6.45) is 0. The van der Waals surface area contributed by atoms with Crippen molar-refractivity contribution in [1.29, 1.82) is 0 Å². The third-order valence-electron chi connectivity index (χ3n) is 3.36. The second kappa shape index (κ2) is 5.64. The second-order valence-electron chi connectivity index (χ2n) is 4.79. The molecular weight excluding hydrogens is 272 g/mol. The van der Waals surface area contributed by atoms with Crippen LogP contribution in [0.3, 0.4) is 0 Å². The van der Waals surface area contributed by atoms with Gasteiger partial charge in [-0.1, -0.05) is 24.3 Å². The molecule has 0 bridgehead atoms. The van der Waals surface area contributed by atoms with Crippen molar-refractivity contribution in [2.24, 2.45) is 5.14 Å². The summed E-state index contributed by atoms with van der Waals surface area (Å²) in [5.41, 5.74) is 4.40. The molecular formula is C15H18N2O2S. The van der Waals surface area contributed by atoms with Crippen LogP contribution in [0, 0.1) is 13.8 Å². The zero-order chi connectivity index (χ0) is 14.8. The lowest BCUT2D eigenvalue weighted by Crippen LogP contribution is -2.12. The molecule has 0 aromatic heterocycles. The molecule has 0 saturated heterocycles. The van der Waals surface area contributed by atoms with Crippen molar-refractivity contribution in [1.82, 2.24) is 0 Å². The van der Waals surface area contributed by atoms with Gasteiger partial charge >= 0.3 is 0 Å².